The second-order valence-corrected chi connectivity index (χ2v) is 5.25. The second-order valence-electron chi connectivity index (χ2n) is 4.81. The van der Waals surface area contributed by atoms with Crippen molar-refractivity contribution in [1.82, 2.24) is 4.98 Å². The maximum absolute atomic E-state index is 5.58. The van der Waals surface area contributed by atoms with Gasteiger partial charge in [0, 0.05) is 25.8 Å². The molecule has 0 radical (unpaired) electrons. The Bertz CT molecular complexity index is 586. The molecule has 4 nitrogen and oxygen atoms in total. The summed E-state index contributed by atoms with van der Waals surface area (Å²) in [5.41, 5.74) is 7.45. The number of aromatic nitrogens is 1. The molecule has 0 aliphatic heterocycles. The molecule has 21 heavy (non-hydrogen) atoms. The third-order valence-electron chi connectivity index (χ3n) is 3.17. The predicted molar refractivity (Wildman–Crippen MR) is 92.9 cm³/mol. The van der Waals surface area contributed by atoms with Crippen LogP contribution in [-0.4, -0.2) is 30.1 Å². The molecule has 110 valence electrons. The Labute approximate surface area is 131 Å². The molecule has 0 unspecified atom stereocenters. The van der Waals surface area contributed by atoms with Gasteiger partial charge in [-0.05, 0) is 30.7 Å². The molecular formula is C16H20N4S. The molecule has 1 heterocycles. The lowest BCUT2D eigenvalue weighted by Gasteiger charge is -2.19. The molecule has 0 saturated heterocycles. The average molecular weight is 300 g/mol. The summed E-state index contributed by atoms with van der Waals surface area (Å²) in [5.74, 6) is 0.808. The fraction of sp³-hybridized carbons (Fsp3) is 0.250. The maximum Gasteiger partial charge on any atom is 0.126 e. The molecular weight excluding hydrogens is 280 g/mol. The average Bonchev–Trinajstić information content (AvgIpc) is 2.52. The van der Waals surface area contributed by atoms with Crippen LogP contribution in [0.25, 0.3) is 0 Å². The van der Waals surface area contributed by atoms with Gasteiger partial charge in [-0.3, -0.25) is 0 Å². The summed E-state index contributed by atoms with van der Waals surface area (Å²) < 4.78 is 0. The third-order valence-corrected chi connectivity index (χ3v) is 3.38. The quantitative estimate of drug-likeness (QED) is 0.608. The van der Waals surface area contributed by atoms with Gasteiger partial charge < -0.3 is 16.0 Å². The van der Waals surface area contributed by atoms with Gasteiger partial charge in [0.05, 0.1) is 5.69 Å². The molecule has 0 atom stereocenters. The van der Waals surface area contributed by atoms with Crippen molar-refractivity contribution < 1.29 is 0 Å². The highest BCUT2D eigenvalue weighted by molar-refractivity contribution is 7.80. The van der Waals surface area contributed by atoms with Crippen LogP contribution in [0, 0.1) is 0 Å². The number of thiocarbonyl (C=S) groups is 1. The van der Waals surface area contributed by atoms with E-state index >= 15 is 0 Å². The molecule has 1 aromatic carbocycles. The highest BCUT2D eigenvalue weighted by atomic mass is 32.1. The zero-order valence-corrected chi connectivity index (χ0v) is 12.9. The van der Waals surface area contributed by atoms with Crippen LogP contribution in [0.15, 0.2) is 48.5 Å². The molecule has 5 heteroatoms. The number of rotatable bonds is 7. The van der Waals surface area contributed by atoms with Crippen molar-refractivity contribution in [2.45, 2.75) is 6.42 Å². The summed E-state index contributed by atoms with van der Waals surface area (Å²) in [6.07, 6.45) is 1.02. The molecule has 0 amide bonds. The van der Waals surface area contributed by atoms with E-state index in [0.29, 0.717) is 10.7 Å². The second kappa shape index (κ2) is 7.59. The van der Waals surface area contributed by atoms with Crippen molar-refractivity contribution in [3.8, 4) is 0 Å². The fourth-order valence-corrected chi connectivity index (χ4v) is 2.13. The van der Waals surface area contributed by atoms with Crippen molar-refractivity contribution in [3.63, 3.8) is 0 Å². The number of anilines is 2. The van der Waals surface area contributed by atoms with E-state index < -0.39 is 0 Å². The van der Waals surface area contributed by atoms with Gasteiger partial charge in [-0.25, -0.2) is 4.98 Å². The molecule has 0 spiro atoms. The van der Waals surface area contributed by atoms with Crippen LogP contribution in [0.5, 0.6) is 0 Å². The van der Waals surface area contributed by atoms with Crippen LogP contribution in [0.3, 0.4) is 0 Å². The monoisotopic (exact) mass is 300 g/mol. The van der Waals surface area contributed by atoms with E-state index in [4.69, 9.17) is 18.0 Å². The van der Waals surface area contributed by atoms with Crippen molar-refractivity contribution in [2.24, 2.45) is 5.73 Å². The molecule has 0 aliphatic carbocycles. The SMILES string of the molecule is CN(CCCNc1cccc(C(N)=S)n1)c1ccccc1. The summed E-state index contributed by atoms with van der Waals surface area (Å²) in [4.78, 5) is 6.91. The number of pyridine rings is 1. The van der Waals surface area contributed by atoms with E-state index in [1.165, 1.54) is 5.69 Å². The largest absolute Gasteiger partial charge is 0.388 e. The van der Waals surface area contributed by atoms with Gasteiger partial charge in [-0.2, -0.15) is 0 Å². The summed E-state index contributed by atoms with van der Waals surface area (Å²) in [7, 11) is 2.10. The Morgan fingerprint density at radius 3 is 2.67 bits per heavy atom. The van der Waals surface area contributed by atoms with E-state index in [-0.39, 0.29) is 0 Å². The van der Waals surface area contributed by atoms with Gasteiger partial charge in [0.15, 0.2) is 0 Å². The first kappa shape index (κ1) is 15.3. The minimum atomic E-state index is 0.322. The summed E-state index contributed by atoms with van der Waals surface area (Å²) in [5, 5.41) is 3.29. The van der Waals surface area contributed by atoms with Gasteiger partial charge in [0.1, 0.15) is 10.8 Å². The first-order chi connectivity index (χ1) is 10.2. The number of benzene rings is 1. The normalized spacial score (nSPS) is 10.1. The van der Waals surface area contributed by atoms with Gasteiger partial charge >= 0.3 is 0 Å². The lowest BCUT2D eigenvalue weighted by atomic mass is 10.3. The van der Waals surface area contributed by atoms with Gasteiger partial charge in [0.2, 0.25) is 0 Å². The number of nitrogens with zero attached hydrogens (tertiary/aromatic N) is 2. The Morgan fingerprint density at radius 1 is 1.19 bits per heavy atom. The first-order valence-corrected chi connectivity index (χ1v) is 7.34. The Morgan fingerprint density at radius 2 is 1.95 bits per heavy atom. The van der Waals surface area contributed by atoms with Gasteiger partial charge in [-0.1, -0.05) is 36.5 Å². The Hall–Kier alpha value is -2.14. The first-order valence-electron chi connectivity index (χ1n) is 6.94. The minimum absolute atomic E-state index is 0.322. The standard InChI is InChI=1S/C16H20N4S/c1-20(13-7-3-2-4-8-13)12-6-11-18-15-10-5-9-14(19-15)16(17)21/h2-5,7-10H,6,11-12H2,1H3,(H2,17,21)(H,18,19). The highest BCUT2D eigenvalue weighted by Gasteiger charge is 2.01. The predicted octanol–water partition coefficient (Wildman–Crippen LogP) is 2.65. The molecule has 0 aliphatic rings. The lowest BCUT2D eigenvalue weighted by molar-refractivity contribution is 0.814. The molecule has 3 N–H and O–H groups in total. The molecule has 2 rings (SSSR count). The maximum atomic E-state index is 5.58. The smallest absolute Gasteiger partial charge is 0.126 e. The van der Waals surface area contributed by atoms with E-state index in [9.17, 15) is 0 Å². The van der Waals surface area contributed by atoms with E-state index in [1.807, 2.05) is 24.3 Å². The topological polar surface area (TPSA) is 54.2 Å². The molecule has 0 fully saturated rings. The van der Waals surface area contributed by atoms with Crippen molar-refractivity contribution in [2.75, 3.05) is 30.4 Å². The van der Waals surface area contributed by atoms with Crippen LogP contribution in [0.4, 0.5) is 11.5 Å². The third kappa shape index (κ3) is 4.72. The summed E-state index contributed by atoms with van der Waals surface area (Å²) >= 11 is 4.93. The Kier molecular flexibility index (Phi) is 5.51. The van der Waals surface area contributed by atoms with Crippen molar-refractivity contribution >= 4 is 28.7 Å². The zero-order valence-electron chi connectivity index (χ0n) is 12.1. The van der Waals surface area contributed by atoms with Crippen LogP contribution in [-0.2, 0) is 0 Å². The Balaban J connectivity index is 1.77. The van der Waals surface area contributed by atoms with E-state index in [1.54, 1.807) is 0 Å². The van der Waals surface area contributed by atoms with Crippen LogP contribution >= 0.6 is 12.2 Å². The fourth-order valence-electron chi connectivity index (χ4n) is 2.01. The lowest BCUT2D eigenvalue weighted by Crippen LogP contribution is -2.21. The zero-order chi connectivity index (χ0) is 15.1. The van der Waals surface area contributed by atoms with Gasteiger partial charge in [-0.15, -0.1) is 0 Å². The van der Waals surface area contributed by atoms with E-state index in [2.05, 4.69) is 46.5 Å². The summed E-state index contributed by atoms with van der Waals surface area (Å²) in [6, 6.07) is 16.0. The van der Waals surface area contributed by atoms with E-state index in [0.717, 1.165) is 25.3 Å². The number of hydrogen-bond donors (Lipinski definition) is 2. The minimum Gasteiger partial charge on any atom is -0.388 e. The number of nitrogens with two attached hydrogens (primary N) is 1. The molecule has 0 bridgehead atoms. The summed E-state index contributed by atoms with van der Waals surface area (Å²) in [6.45, 7) is 1.83. The number of para-hydroxylation sites is 1. The van der Waals surface area contributed by atoms with Crippen molar-refractivity contribution in [3.05, 3.63) is 54.2 Å². The van der Waals surface area contributed by atoms with Crippen LogP contribution < -0.4 is 16.0 Å². The van der Waals surface area contributed by atoms with Gasteiger partial charge in [0.25, 0.3) is 0 Å². The highest BCUT2D eigenvalue weighted by Crippen LogP contribution is 2.11. The molecule has 2 aromatic rings. The number of hydrogen-bond acceptors (Lipinski definition) is 4. The van der Waals surface area contributed by atoms with Crippen LogP contribution in [0.1, 0.15) is 12.1 Å². The van der Waals surface area contributed by atoms with Crippen molar-refractivity contribution in [1.29, 1.82) is 0 Å². The molecule has 1 aromatic heterocycles. The number of nitrogens with one attached hydrogen (secondary N) is 1. The molecule has 0 saturated carbocycles. The van der Waals surface area contributed by atoms with Crippen LogP contribution in [0.2, 0.25) is 0 Å².